The second kappa shape index (κ2) is 3.58. The molecule has 2 aliphatic rings. The second-order valence-electron chi connectivity index (χ2n) is 5.74. The molecule has 1 fully saturated rings. The average Bonchev–Trinajstić information content (AvgIpc) is 3.06. The number of anilines is 1. The number of benzene rings is 1. The maximum atomic E-state index is 12.3. The Kier molecular flexibility index (Phi) is 2.37. The quantitative estimate of drug-likeness (QED) is 0.776. The molecule has 0 unspecified atom stereocenters. The molecule has 0 radical (unpaired) electrons. The van der Waals surface area contributed by atoms with Gasteiger partial charge in [0.2, 0.25) is 5.91 Å². The van der Waals surface area contributed by atoms with Crippen molar-refractivity contribution in [1.82, 2.24) is 0 Å². The molecule has 17 heavy (non-hydrogen) atoms. The highest BCUT2D eigenvalue weighted by Gasteiger charge is 2.42. The third-order valence-corrected chi connectivity index (χ3v) is 4.22. The molecule has 0 N–H and O–H groups in total. The summed E-state index contributed by atoms with van der Waals surface area (Å²) >= 11 is 3.51. The number of rotatable bonds is 1. The summed E-state index contributed by atoms with van der Waals surface area (Å²) in [6.07, 6.45) is 2.14. The van der Waals surface area contributed by atoms with Gasteiger partial charge in [0.1, 0.15) is 0 Å². The standard InChI is InChI=1S/C14H16BrNO/c1-14(2)8-16(13(17)9-3-4-9)12-6-5-10(15)7-11(12)14/h5-7,9H,3-4,8H2,1-2H3. The zero-order chi connectivity index (χ0) is 12.2. The van der Waals surface area contributed by atoms with Crippen molar-refractivity contribution < 1.29 is 4.79 Å². The SMILES string of the molecule is CC1(C)CN(C(=O)C2CC2)c2ccc(Br)cc21. The van der Waals surface area contributed by atoms with Crippen LogP contribution in [0, 0.1) is 5.92 Å². The van der Waals surface area contributed by atoms with Gasteiger partial charge in [0.05, 0.1) is 0 Å². The number of nitrogens with zero attached hydrogens (tertiary/aromatic N) is 1. The fourth-order valence-corrected chi connectivity index (χ4v) is 2.96. The van der Waals surface area contributed by atoms with Gasteiger partial charge >= 0.3 is 0 Å². The molecular formula is C14H16BrNO. The average molecular weight is 294 g/mol. The van der Waals surface area contributed by atoms with Gasteiger partial charge in [-0.05, 0) is 36.6 Å². The van der Waals surface area contributed by atoms with Crippen molar-refractivity contribution in [2.24, 2.45) is 5.92 Å². The van der Waals surface area contributed by atoms with Crippen molar-refractivity contribution in [2.45, 2.75) is 32.1 Å². The van der Waals surface area contributed by atoms with E-state index in [2.05, 4.69) is 41.9 Å². The Hall–Kier alpha value is -0.830. The van der Waals surface area contributed by atoms with Crippen LogP contribution in [0.3, 0.4) is 0 Å². The van der Waals surface area contributed by atoms with E-state index in [-0.39, 0.29) is 5.41 Å². The van der Waals surface area contributed by atoms with E-state index in [1.165, 1.54) is 5.56 Å². The Balaban J connectivity index is 2.04. The maximum Gasteiger partial charge on any atom is 0.230 e. The summed E-state index contributed by atoms with van der Waals surface area (Å²) in [5.41, 5.74) is 2.44. The van der Waals surface area contributed by atoms with Crippen LogP contribution in [0.2, 0.25) is 0 Å². The number of hydrogen-bond acceptors (Lipinski definition) is 1. The minimum absolute atomic E-state index is 0.0592. The van der Waals surface area contributed by atoms with Gasteiger partial charge in [-0.25, -0.2) is 0 Å². The van der Waals surface area contributed by atoms with E-state index in [9.17, 15) is 4.79 Å². The monoisotopic (exact) mass is 293 g/mol. The van der Waals surface area contributed by atoms with Crippen molar-refractivity contribution in [3.8, 4) is 0 Å². The molecule has 0 aromatic heterocycles. The Morgan fingerprint density at radius 2 is 2.12 bits per heavy atom. The fraction of sp³-hybridized carbons (Fsp3) is 0.500. The van der Waals surface area contributed by atoms with Crippen LogP contribution in [-0.2, 0) is 10.2 Å². The smallest absolute Gasteiger partial charge is 0.230 e. The molecule has 2 nitrogen and oxygen atoms in total. The lowest BCUT2D eigenvalue weighted by molar-refractivity contribution is -0.119. The van der Waals surface area contributed by atoms with Crippen LogP contribution in [0.5, 0.6) is 0 Å². The van der Waals surface area contributed by atoms with Crippen molar-refractivity contribution in [2.75, 3.05) is 11.4 Å². The summed E-state index contributed by atoms with van der Waals surface area (Å²) in [4.78, 5) is 14.2. The minimum atomic E-state index is 0.0592. The number of amides is 1. The highest BCUT2D eigenvalue weighted by Crippen LogP contribution is 2.44. The number of halogens is 1. The molecule has 1 aromatic rings. The molecule has 0 bridgehead atoms. The van der Waals surface area contributed by atoms with Gasteiger partial charge in [-0.2, -0.15) is 0 Å². The van der Waals surface area contributed by atoms with Gasteiger partial charge in [0.25, 0.3) is 0 Å². The second-order valence-corrected chi connectivity index (χ2v) is 6.66. The Bertz CT molecular complexity index is 491. The fourth-order valence-electron chi connectivity index (χ4n) is 2.60. The molecule has 3 heteroatoms. The summed E-state index contributed by atoms with van der Waals surface area (Å²) in [7, 11) is 0. The zero-order valence-electron chi connectivity index (χ0n) is 10.2. The normalized spacial score (nSPS) is 21.5. The Morgan fingerprint density at radius 3 is 2.76 bits per heavy atom. The molecular weight excluding hydrogens is 278 g/mol. The summed E-state index contributed by atoms with van der Waals surface area (Å²) in [5, 5.41) is 0. The summed E-state index contributed by atoms with van der Waals surface area (Å²) < 4.78 is 1.09. The first-order valence-corrected chi connectivity index (χ1v) is 6.90. The lowest BCUT2D eigenvalue weighted by Gasteiger charge is -2.20. The third-order valence-electron chi connectivity index (χ3n) is 3.72. The zero-order valence-corrected chi connectivity index (χ0v) is 11.8. The largest absolute Gasteiger partial charge is 0.311 e. The van der Waals surface area contributed by atoms with Crippen molar-refractivity contribution >= 4 is 27.5 Å². The van der Waals surface area contributed by atoms with Gasteiger partial charge in [0.15, 0.2) is 0 Å². The van der Waals surface area contributed by atoms with E-state index in [0.29, 0.717) is 11.8 Å². The molecule has 3 rings (SSSR count). The van der Waals surface area contributed by atoms with Crippen LogP contribution >= 0.6 is 15.9 Å². The lowest BCUT2D eigenvalue weighted by Crippen LogP contribution is -2.34. The first kappa shape index (κ1) is 11.3. The number of carbonyl (C=O) groups excluding carboxylic acids is 1. The van der Waals surface area contributed by atoms with Gasteiger partial charge in [0, 0.05) is 28.0 Å². The Morgan fingerprint density at radius 1 is 1.41 bits per heavy atom. The van der Waals surface area contributed by atoms with E-state index < -0.39 is 0 Å². The minimum Gasteiger partial charge on any atom is -0.311 e. The molecule has 1 aliphatic heterocycles. The first-order valence-electron chi connectivity index (χ1n) is 6.10. The molecule has 90 valence electrons. The van der Waals surface area contributed by atoms with Gasteiger partial charge in [-0.15, -0.1) is 0 Å². The molecule has 0 spiro atoms. The van der Waals surface area contributed by atoms with Crippen LogP contribution in [-0.4, -0.2) is 12.5 Å². The van der Waals surface area contributed by atoms with Crippen molar-refractivity contribution in [3.05, 3.63) is 28.2 Å². The molecule has 1 aromatic carbocycles. The third kappa shape index (κ3) is 1.81. The summed E-state index contributed by atoms with van der Waals surface area (Å²) in [6, 6.07) is 6.23. The molecule has 1 aliphatic carbocycles. The van der Waals surface area contributed by atoms with Crippen LogP contribution in [0.4, 0.5) is 5.69 Å². The van der Waals surface area contributed by atoms with Gasteiger partial charge in [-0.1, -0.05) is 29.8 Å². The van der Waals surface area contributed by atoms with Crippen LogP contribution in [0.1, 0.15) is 32.3 Å². The maximum absolute atomic E-state index is 12.3. The molecule has 1 amide bonds. The highest BCUT2D eigenvalue weighted by molar-refractivity contribution is 9.10. The number of fused-ring (bicyclic) bond motifs is 1. The number of carbonyl (C=O) groups is 1. The predicted octanol–water partition coefficient (Wildman–Crippen LogP) is 3.48. The number of hydrogen-bond donors (Lipinski definition) is 0. The predicted molar refractivity (Wildman–Crippen MR) is 72.2 cm³/mol. The molecule has 0 atom stereocenters. The molecule has 1 heterocycles. The van der Waals surface area contributed by atoms with Crippen LogP contribution < -0.4 is 4.90 Å². The van der Waals surface area contributed by atoms with Gasteiger partial charge < -0.3 is 4.90 Å². The van der Waals surface area contributed by atoms with E-state index >= 15 is 0 Å². The topological polar surface area (TPSA) is 20.3 Å². The van der Waals surface area contributed by atoms with Crippen LogP contribution in [0.15, 0.2) is 22.7 Å². The molecule has 1 saturated carbocycles. The Labute approximate surface area is 110 Å². The first-order chi connectivity index (χ1) is 7.99. The summed E-state index contributed by atoms with van der Waals surface area (Å²) in [5.74, 6) is 0.611. The van der Waals surface area contributed by atoms with E-state index in [0.717, 1.165) is 29.5 Å². The van der Waals surface area contributed by atoms with Crippen molar-refractivity contribution in [1.29, 1.82) is 0 Å². The van der Waals surface area contributed by atoms with Crippen molar-refractivity contribution in [3.63, 3.8) is 0 Å². The van der Waals surface area contributed by atoms with Gasteiger partial charge in [-0.3, -0.25) is 4.79 Å². The molecule has 0 saturated heterocycles. The van der Waals surface area contributed by atoms with E-state index in [1.807, 2.05) is 11.0 Å². The van der Waals surface area contributed by atoms with E-state index in [4.69, 9.17) is 0 Å². The lowest BCUT2D eigenvalue weighted by atomic mass is 9.87. The van der Waals surface area contributed by atoms with E-state index in [1.54, 1.807) is 0 Å². The summed E-state index contributed by atoms with van der Waals surface area (Å²) in [6.45, 7) is 5.23. The van der Waals surface area contributed by atoms with Crippen LogP contribution in [0.25, 0.3) is 0 Å². The highest BCUT2D eigenvalue weighted by atomic mass is 79.9.